The smallest absolute Gasteiger partial charge is 0.119 e. The molecule has 0 amide bonds. The van der Waals surface area contributed by atoms with Gasteiger partial charge in [-0.05, 0) is 35.4 Å². The normalized spacial score (nSPS) is 10.2. The molecule has 0 aliphatic rings. The highest BCUT2D eigenvalue weighted by Gasteiger charge is 1.97. The van der Waals surface area contributed by atoms with E-state index in [9.17, 15) is 0 Å². The van der Waals surface area contributed by atoms with Crippen molar-refractivity contribution in [2.75, 3.05) is 5.73 Å². The van der Waals surface area contributed by atoms with Crippen molar-refractivity contribution in [3.05, 3.63) is 59.7 Å². The Morgan fingerprint density at radius 1 is 1.00 bits per heavy atom. The summed E-state index contributed by atoms with van der Waals surface area (Å²) in [5.41, 5.74) is 8.33. The summed E-state index contributed by atoms with van der Waals surface area (Å²) in [6.45, 7) is 0.541. The molecule has 3 N–H and O–H groups in total. The number of hydrogen-bond acceptors (Lipinski definition) is 3. The van der Waals surface area contributed by atoms with Crippen LogP contribution in [0.5, 0.6) is 5.75 Å². The summed E-state index contributed by atoms with van der Waals surface area (Å²) in [7, 11) is 0. The fourth-order valence-corrected chi connectivity index (χ4v) is 1.54. The van der Waals surface area contributed by atoms with Crippen LogP contribution in [0.4, 0.5) is 5.69 Å². The molecule has 0 spiro atoms. The first-order chi connectivity index (χ1) is 8.28. The Hall–Kier alpha value is -2.00. The lowest BCUT2D eigenvalue weighted by atomic mass is 10.2. The van der Waals surface area contributed by atoms with E-state index in [4.69, 9.17) is 15.6 Å². The maximum absolute atomic E-state index is 8.91. The Labute approximate surface area is 100 Å². The molecule has 17 heavy (non-hydrogen) atoms. The number of ether oxygens (including phenoxy) is 1. The minimum atomic E-state index is 0.0511. The Morgan fingerprint density at radius 2 is 1.76 bits per heavy atom. The van der Waals surface area contributed by atoms with Crippen molar-refractivity contribution in [2.24, 2.45) is 0 Å². The van der Waals surface area contributed by atoms with Crippen LogP contribution < -0.4 is 10.5 Å². The average molecular weight is 229 g/mol. The molecule has 0 aliphatic heterocycles. The van der Waals surface area contributed by atoms with E-state index in [0.717, 1.165) is 22.6 Å². The SMILES string of the molecule is Nc1cccc(COc2ccc(CO)cc2)c1. The van der Waals surface area contributed by atoms with Gasteiger partial charge in [-0.1, -0.05) is 24.3 Å². The summed E-state index contributed by atoms with van der Waals surface area (Å²) in [6, 6.07) is 15.0. The third-order valence-corrected chi connectivity index (χ3v) is 2.46. The van der Waals surface area contributed by atoms with Crippen LogP contribution in [0, 0.1) is 0 Å². The van der Waals surface area contributed by atoms with Gasteiger partial charge in [0, 0.05) is 5.69 Å². The first-order valence-electron chi connectivity index (χ1n) is 5.45. The second-order valence-electron chi connectivity index (χ2n) is 3.84. The van der Waals surface area contributed by atoms with E-state index >= 15 is 0 Å². The lowest BCUT2D eigenvalue weighted by Crippen LogP contribution is -1.96. The van der Waals surface area contributed by atoms with Gasteiger partial charge in [0.15, 0.2) is 0 Å². The molecule has 2 rings (SSSR count). The fraction of sp³-hybridized carbons (Fsp3) is 0.143. The second-order valence-corrected chi connectivity index (χ2v) is 3.84. The van der Waals surface area contributed by atoms with Gasteiger partial charge in [-0.25, -0.2) is 0 Å². The van der Waals surface area contributed by atoms with Crippen LogP contribution in [0.2, 0.25) is 0 Å². The predicted molar refractivity (Wildman–Crippen MR) is 67.6 cm³/mol. The third kappa shape index (κ3) is 3.23. The van der Waals surface area contributed by atoms with E-state index in [1.165, 1.54) is 0 Å². The van der Waals surface area contributed by atoms with Gasteiger partial charge in [0.05, 0.1) is 6.61 Å². The standard InChI is InChI=1S/C14H15NO2/c15-13-3-1-2-12(8-13)10-17-14-6-4-11(9-16)5-7-14/h1-8,16H,9-10,15H2. The molecular formula is C14H15NO2. The Bertz CT molecular complexity index is 480. The minimum absolute atomic E-state index is 0.0511. The van der Waals surface area contributed by atoms with Gasteiger partial charge in [-0.15, -0.1) is 0 Å². The predicted octanol–water partition coefficient (Wildman–Crippen LogP) is 2.34. The Balaban J connectivity index is 1.97. The maximum Gasteiger partial charge on any atom is 0.119 e. The summed E-state index contributed by atoms with van der Waals surface area (Å²) < 4.78 is 5.61. The molecule has 0 aliphatic carbocycles. The van der Waals surface area contributed by atoms with Crippen molar-refractivity contribution < 1.29 is 9.84 Å². The number of nitrogen functional groups attached to an aromatic ring is 1. The van der Waals surface area contributed by atoms with Gasteiger partial charge in [-0.3, -0.25) is 0 Å². The molecule has 0 atom stereocenters. The van der Waals surface area contributed by atoms with E-state index in [1.54, 1.807) is 0 Å². The van der Waals surface area contributed by atoms with Gasteiger partial charge in [0.25, 0.3) is 0 Å². The largest absolute Gasteiger partial charge is 0.489 e. The highest BCUT2D eigenvalue weighted by Crippen LogP contribution is 2.15. The summed E-state index contributed by atoms with van der Waals surface area (Å²) >= 11 is 0. The van der Waals surface area contributed by atoms with Crippen molar-refractivity contribution in [3.8, 4) is 5.75 Å². The highest BCUT2D eigenvalue weighted by atomic mass is 16.5. The molecule has 2 aromatic carbocycles. The number of aliphatic hydroxyl groups excluding tert-OH is 1. The van der Waals surface area contributed by atoms with Crippen LogP contribution in [0.15, 0.2) is 48.5 Å². The first kappa shape index (κ1) is 11.5. The van der Waals surface area contributed by atoms with Gasteiger partial charge in [0.2, 0.25) is 0 Å². The van der Waals surface area contributed by atoms with E-state index in [0.29, 0.717) is 6.61 Å². The summed E-state index contributed by atoms with van der Waals surface area (Å²) in [5.74, 6) is 0.782. The molecule has 0 fully saturated rings. The van der Waals surface area contributed by atoms with Crippen LogP contribution >= 0.6 is 0 Å². The van der Waals surface area contributed by atoms with Crippen LogP contribution in [0.25, 0.3) is 0 Å². The zero-order chi connectivity index (χ0) is 12.1. The molecule has 0 unspecified atom stereocenters. The van der Waals surface area contributed by atoms with Gasteiger partial charge in [0.1, 0.15) is 12.4 Å². The highest BCUT2D eigenvalue weighted by molar-refractivity contribution is 5.40. The van der Waals surface area contributed by atoms with E-state index in [1.807, 2.05) is 48.5 Å². The maximum atomic E-state index is 8.91. The first-order valence-corrected chi connectivity index (χ1v) is 5.45. The number of rotatable bonds is 4. The molecule has 0 aromatic heterocycles. The molecule has 3 heteroatoms. The third-order valence-electron chi connectivity index (χ3n) is 2.46. The molecule has 2 aromatic rings. The van der Waals surface area contributed by atoms with Gasteiger partial charge in [-0.2, -0.15) is 0 Å². The molecule has 0 saturated carbocycles. The number of aliphatic hydroxyl groups is 1. The fourth-order valence-electron chi connectivity index (χ4n) is 1.54. The van der Waals surface area contributed by atoms with Crippen molar-refractivity contribution in [1.82, 2.24) is 0 Å². The Kier molecular flexibility index (Phi) is 3.62. The molecule has 0 radical (unpaired) electrons. The average Bonchev–Trinajstić information content (AvgIpc) is 2.37. The molecule has 3 nitrogen and oxygen atoms in total. The summed E-state index contributed by atoms with van der Waals surface area (Å²) in [5, 5.41) is 8.91. The molecule has 0 bridgehead atoms. The van der Waals surface area contributed by atoms with Crippen molar-refractivity contribution >= 4 is 5.69 Å². The van der Waals surface area contributed by atoms with E-state index in [2.05, 4.69) is 0 Å². The zero-order valence-corrected chi connectivity index (χ0v) is 9.47. The summed E-state index contributed by atoms with van der Waals surface area (Å²) in [4.78, 5) is 0. The van der Waals surface area contributed by atoms with Crippen LogP contribution in [0.3, 0.4) is 0 Å². The number of nitrogens with two attached hydrogens (primary N) is 1. The van der Waals surface area contributed by atoms with Crippen molar-refractivity contribution in [1.29, 1.82) is 0 Å². The van der Waals surface area contributed by atoms with Crippen molar-refractivity contribution in [3.63, 3.8) is 0 Å². The molecule has 88 valence electrons. The number of hydrogen-bond donors (Lipinski definition) is 2. The lowest BCUT2D eigenvalue weighted by Gasteiger charge is -2.07. The topological polar surface area (TPSA) is 55.5 Å². The Morgan fingerprint density at radius 3 is 2.41 bits per heavy atom. The molecule has 0 saturated heterocycles. The van der Waals surface area contributed by atoms with Gasteiger partial charge < -0.3 is 15.6 Å². The monoisotopic (exact) mass is 229 g/mol. The second kappa shape index (κ2) is 5.37. The molecule has 0 heterocycles. The zero-order valence-electron chi connectivity index (χ0n) is 9.47. The number of anilines is 1. The quantitative estimate of drug-likeness (QED) is 0.791. The minimum Gasteiger partial charge on any atom is -0.489 e. The van der Waals surface area contributed by atoms with Gasteiger partial charge >= 0.3 is 0 Å². The van der Waals surface area contributed by atoms with Crippen LogP contribution in [0.1, 0.15) is 11.1 Å². The van der Waals surface area contributed by atoms with E-state index < -0.39 is 0 Å². The van der Waals surface area contributed by atoms with Crippen LogP contribution in [-0.2, 0) is 13.2 Å². The molecular weight excluding hydrogens is 214 g/mol. The lowest BCUT2D eigenvalue weighted by molar-refractivity contribution is 0.280. The summed E-state index contributed by atoms with van der Waals surface area (Å²) in [6.07, 6.45) is 0. The van der Waals surface area contributed by atoms with E-state index in [-0.39, 0.29) is 6.61 Å². The van der Waals surface area contributed by atoms with Crippen molar-refractivity contribution in [2.45, 2.75) is 13.2 Å². The van der Waals surface area contributed by atoms with Crippen LogP contribution in [-0.4, -0.2) is 5.11 Å². The number of benzene rings is 2.